The Morgan fingerprint density at radius 3 is 1.18 bits per heavy atom. The first-order chi connectivity index (χ1) is 61.1. The number of benzene rings is 5. The summed E-state index contributed by atoms with van der Waals surface area (Å²) >= 11 is 3.29. The van der Waals surface area contributed by atoms with Gasteiger partial charge in [0.05, 0.1) is 101 Å². The molecule has 16 aromatic rings. The Morgan fingerprint density at radius 1 is 0.433 bits per heavy atom. The number of pyridine rings is 5. The van der Waals surface area contributed by atoms with Crippen LogP contribution in [-0.2, 0) is 25.7 Å². The second-order valence-corrected chi connectivity index (χ2v) is 34.6. The van der Waals surface area contributed by atoms with Crippen molar-refractivity contribution in [3.8, 4) is 52.8 Å². The highest BCUT2D eigenvalue weighted by atomic mass is 32.1. The van der Waals surface area contributed by atoms with Crippen LogP contribution in [0.3, 0.4) is 0 Å². The zero-order valence-electron chi connectivity index (χ0n) is 72.9. The van der Waals surface area contributed by atoms with E-state index in [2.05, 4.69) is 106 Å². The van der Waals surface area contributed by atoms with Crippen molar-refractivity contribution in [1.29, 1.82) is 21.0 Å². The van der Waals surface area contributed by atoms with Crippen LogP contribution >= 0.6 is 22.7 Å². The number of ether oxygens (including phenoxy) is 1. The lowest BCUT2D eigenvalue weighted by Crippen LogP contribution is -2.31. The van der Waals surface area contributed by atoms with E-state index in [0.29, 0.717) is 94.5 Å². The number of nitriles is 4. The van der Waals surface area contributed by atoms with Crippen molar-refractivity contribution >= 4 is 22.7 Å². The molecule has 5 aromatic carbocycles. The Balaban J connectivity index is 0.000000137. The smallest absolute Gasteiger partial charge is 0.254 e. The van der Waals surface area contributed by atoms with Crippen LogP contribution in [0.4, 0.5) is 4.39 Å². The summed E-state index contributed by atoms with van der Waals surface area (Å²) in [4.78, 5) is 78.2. The molecular weight excluding hydrogens is 1630 g/mol. The van der Waals surface area contributed by atoms with E-state index >= 15 is 0 Å². The molecule has 11 aromatic heterocycles. The molecule has 4 atom stereocenters. The third-order valence-electron chi connectivity index (χ3n) is 22.6. The highest BCUT2D eigenvalue weighted by molar-refractivity contribution is 7.12. The van der Waals surface area contributed by atoms with Gasteiger partial charge in [-0.25, -0.2) is 24.3 Å². The van der Waals surface area contributed by atoms with Crippen LogP contribution in [0.1, 0.15) is 194 Å². The summed E-state index contributed by atoms with van der Waals surface area (Å²) in [6.45, 7) is 26.4. The molecule has 1 aliphatic heterocycles. The lowest BCUT2D eigenvalue weighted by atomic mass is 9.98. The fourth-order valence-corrected chi connectivity index (χ4v) is 17.8. The number of aromatic nitrogens is 13. The number of imidazole rings is 4. The number of thiophene rings is 2. The van der Waals surface area contributed by atoms with E-state index < -0.39 is 6.04 Å². The van der Waals surface area contributed by atoms with Gasteiger partial charge in [0.25, 0.3) is 22.2 Å². The molecule has 0 radical (unpaired) electrons. The van der Waals surface area contributed by atoms with Gasteiger partial charge in [-0.2, -0.15) is 21.0 Å². The molecule has 0 saturated carbocycles. The molecule has 0 N–H and O–H groups in total. The molecule has 12 heterocycles. The Hall–Kier alpha value is -15.0. The largest absolute Gasteiger partial charge is 0.493 e. The van der Waals surface area contributed by atoms with Crippen molar-refractivity contribution in [2.75, 3.05) is 6.61 Å². The fourth-order valence-electron chi connectivity index (χ4n) is 16.1. The predicted molar refractivity (Wildman–Crippen MR) is 493 cm³/mol. The number of aryl methyl sites for hydroxylation is 10. The average Bonchev–Trinajstić information content (AvgIpc) is 1.32. The first-order valence-corrected chi connectivity index (χ1v) is 43.3. The van der Waals surface area contributed by atoms with Gasteiger partial charge in [0.15, 0.2) is 0 Å². The Kier molecular flexibility index (Phi) is 27.0. The summed E-state index contributed by atoms with van der Waals surface area (Å²) < 4.78 is 34.2. The van der Waals surface area contributed by atoms with Gasteiger partial charge in [0.1, 0.15) is 35.8 Å². The van der Waals surface area contributed by atoms with Crippen LogP contribution in [0, 0.1) is 120 Å². The monoisotopic (exact) mass is 1720 g/mol. The molecule has 0 saturated heterocycles. The molecular formula is C102H94FN17O5S2. The van der Waals surface area contributed by atoms with Gasteiger partial charge in [0, 0.05) is 159 Å². The van der Waals surface area contributed by atoms with E-state index in [-0.39, 0.29) is 46.2 Å². The van der Waals surface area contributed by atoms with Gasteiger partial charge in [-0.05, 0) is 236 Å². The van der Waals surface area contributed by atoms with Gasteiger partial charge in [-0.1, -0.05) is 60.7 Å². The van der Waals surface area contributed by atoms with E-state index in [1.54, 1.807) is 134 Å². The maximum absolute atomic E-state index is 14.0. The molecule has 0 fully saturated rings. The van der Waals surface area contributed by atoms with Gasteiger partial charge >= 0.3 is 0 Å². The molecule has 25 heteroatoms. The molecule has 0 aliphatic carbocycles. The maximum Gasteiger partial charge on any atom is 0.254 e. The molecule has 22 nitrogen and oxygen atoms in total. The van der Waals surface area contributed by atoms with Crippen molar-refractivity contribution in [2.45, 2.75) is 146 Å². The first kappa shape index (κ1) is 88.3. The van der Waals surface area contributed by atoms with E-state index in [4.69, 9.17) is 4.74 Å². The number of rotatable bonds is 19. The minimum atomic E-state index is -0.396. The summed E-state index contributed by atoms with van der Waals surface area (Å²) in [5.41, 5.74) is 22.9. The van der Waals surface area contributed by atoms with E-state index in [0.717, 1.165) is 111 Å². The van der Waals surface area contributed by atoms with Crippen LogP contribution in [0.15, 0.2) is 257 Å². The second-order valence-electron chi connectivity index (χ2n) is 32.3. The van der Waals surface area contributed by atoms with Crippen molar-refractivity contribution < 1.29 is 9.13 Å². The third-order valence-corrected chi connectivity index (χ3v) is 24.9. The molecule has 0 spiro atoms. The van der Waals surface area contributed by atoms with Crippen molar-refractivity contribution in [2.24, 2.45) is 0 Å². The van der Waals surface area contributed by atoms with Crippen LogP contribution in [0.2, 0.25) is 0 Å². The molecule has 0 amide bonds. The lowest BCUT2D eigenvalue weighted by molar-refractivity contribution is 0.253. The van der Waals surface area contributed by atoms with Gasteiger partial charge < -0.3 is 41.3 Å². The molecule has 636 valence electrons. The third kappa shape index (κ3) is 20.4. The van der Waals surface area contributed by atoms with Crippen LogP contribution in [0.25, 0.3) is 22.7 Å². The Bertz CT molecular complexity index is 7240. The highest BCUT2D eigenvalue weighted by Gasteiger charge is 2.27. The zero-order chi connectivity index (χ0) is 90.0. The number of fused-ring (bicyclic) bond motifs is 1. The van der Waals surface area contributed by atoms with Gasteiger partial charge in [-0.3, -0.25) is 24.2 Å². The van der Waals surface area contributed by atoms with Crippen molar-refractivity contribution in [3.63, 3.8) is 0 Å². The molecule has 17 rings (SSSR count). The minimum absolute atomic E-state index is 0.0514. The molecule has 127 heavy (non-hydrogen) atoms. The Labute approximate surface area is 743 Å². The summed E-state index contributed by atoms with van der Waals surface area (Å²) in [6.07, 6.45) is 27.5. The van der Waals surface area contributed by atoms with Crippen LogP contribution in [-0.4, -0.2) is 68.1 Å². The SMILES string of the molecule is Cc1cn(-c2ccc(Cc3cc(C#N)cn(C4CCOc5ccc(F)cc54)c3=O)cc2C)cn1.Cc1cn(-c2ccc(Cc3cc(C#N)cn([C@@H](C)c4ccc(C)s4)c3=O)cc2C)cn1.Cc1cn(-c2ccc(Cc3cc(C#N)cn([C@@H](C)c4cccs4)c3=O)cc2C)cn1.Cc1cncc([C@H](C)n2cc(C#N)cc(Cc3ccc(-n4cnc(C)c4)c(C)c3)c2=O)c1. The van der Waals surface area contributed by atoms with E-state index in [1.807, 2.05) is 184 Å². The second kappa shape index (κ2) is 38.8. The molecule has 0 bridgehead atoms. The summed E-state index contributed by atoms with van der Waals surface area (Å²) in [5.74, 6) is 0.178. The maximum atomic E-state index is 14.0. The number of hydrogen-bond donors (Lipinski definition) is 0. The Morgan fingerprint density at radius 2 is 0.827 bits per heavy atom. The summed E-state index contributed by atoms with van der Waals surface area (Å²) in [6, 6.07) is 53.7. The predicted octanol–water partition coefficient (Wildman–Crippen LogP) is 18.9. The topological polar surface area (TPSA) is 277 Å². The van der Waals surface area contributed by atoms with E-state index in [9.17, 15) is 44.6 Å². The van der Waals surface area contributed by atoms with Gasteiger partial charge in [-0.15, -0.1) is 22.7 Å². The average molecular weight is 1720 g/mol. The van der Waals surface area contributed by atoms with Crippen LogP contribution < -0.4 is 27.0 Å². The van der Waals surface area contributed by atoms with Gasteiger partial charge in [0.2, 0.25) is 0 Å². The van der Waals surface area contributed by atoms with Crippen molar-refractivity contribution in [3.05, 3.63) is 429 Å². The minimum Gasteiger partial charge on any atom is -0.493 e. The quantitative estimate of drug-likeness (QED) is 0.0728. The van der Waals surface area contributed by atoms with Crippen LogP contribution in [0.5, 0.6) is 5.75 Å². The number of nitrogens with zero attached hydrogens (tertiary/aromatic N) is 17. The summed E-state index contributed by atoms with van der Waals surface area (Å²) in [7, 11) is 0. The molecule has 1 aliphatic rings. The highest BCUT2D eigenvalue weighted by Crippen LogP contribution is 2.36. The number of hydrogen-bond acceptors (Lipinski definition) is 16. The lowest BCUT2D eigenvalue weighted by Gasteiger charge is -2.28. The van der Waals surface area contributed by atoms with E-state index in [1.165, 1.54) is 17.0 Å². The summed E-state index contributed by atoms with van der Waals surface area (Å²) in [5, 5.41) is 40.2. The number of halogens is 1. The fraction of sp³-hybridized carbons (Fsp3) is 0.225. The normalized spacial score (nSPS) is 12.7. The van der Waals surface area contributed by atoms with Crippen molar-refractivity contribution in [1.82, 2.24) is 61.5 Å². The molecule has 1 unspecified atom stereocenters. The zero-order valence-corrected chi connectivity index (χ0v) is 74.5. The standard InChI is InChI=1S/C27H23FN4O2.C26H25N5O.C25H24N4OS.C24H22N4OS/c1-17-9-19(3-5-24(17)31-14-18(2)30-16-31)10-21-11-20(13-29)15-32(27(21)33)25-7-8-34-26-6-4-22(28)12-23(25)26;1-17-7-24(13-28-12-17)20(4)31-15-22(11-27)10-23(26(31)32)9-21-5-6-25(18(2)8-21)30-14-19(3)29-16-30;1-16-9-20(6-7-23(16)28-13-17(2)27-15-28)10-22-11-21(12-26)14-29(25(22)30)19(4)24-8-5-18(3)31-24;1-16-9-19(6-7-22(16)27-13-17(2)26-15-27)10-21-11-20(12-25)14-28(24(21)29)18(3)23-5-4-8-30-23/h3-6,9,11-12,14-16,25H,7-8,10H2,1-2H3;5-8,10,12-16,20H,9H2,1-4H3;5-9,11,13-15,19H,10H2,1-4H3;4-9,11,13-15,18H,10H2,1-3H3/t;20-;19-;18-/m.000/s1. The first-order valence-electron chi connectivity index (χ1n) is 41.6.